The predicted molar refractivity (Wildman–Crippen MR) is 85.0 cm³/mol. The molecule has 0 aromatic heterocycles. The van der Waals surface area contributed by atoms with E-state index in [2.05, 4.69) is 37.4 Å². The summed E-state index contributed by atoms with van der Waals surface area (Å²) in [4.78, 5) is 12.2. The van der Waals surface area contributed by atoms with Gasteiger partial charge in [0.05, 0.1) is 6.04 Å². The first-order chi connectivity index (χ1) is 8.97. The van der Waals surface area contributed by atoms with Gasteiger partial charge in [-0.05, 0) is 51.2 Å². The zero-order valence-electron chi connectivity index (χ0n) is 12.5. The Morgan fingerprint density at radius 2 is 2.05 bits per heavy atom. The van der Waals surface area contributed by atoms with Gasteiger partial charge in [0.2, 0.25) is 5.91 Å². The Labute approximate surface area is 127 Å². The lowest BCUT2D eigenvalue weighted by Crippen LogP contribution is -2.32. The zero-order valence-corrected chi connectivity index (χ0v) is 13.3. The molecule has 1 aromatic carbocycles. The molecule has 2 rings (SSSR count). The van der Waals surface area contributed by atoms with Crippen molar-refractivity contribution in [1.82, 2.24) is 5.32 Å². The first-order valence-electron chi connectivity index (χ1n) is 7.10. The number of aryl methyl sites for hydroxylation is 2. The molecule has 3 nitrogen and oxygen atoms in total. The molecule has 0 heterocycles. The second kappa shape index (κ2) is 7.09. The van der Waals surface area contributed by atoms with E-state index in [1.807, 2.05) is 6.92 Å². The average molecular weight is 297 g/mol. The molecule has 20 heavy (non-hydrogen) atoms. The summed E-state index contributed by atoms with van der Waals surface area (Å²) < 4.78 is 0. The Morgan fingerprint density at radius 3 is 2.60 bits per heavy atom. The number of hydrogen-bond acceptors (Lipinski definition) is 2. The van der Waals surface area contributed by atoms with Crippen LogP contribution in [0.3, 0.4) is 0 Å². The maximum atomic E-state index is 12.2. The van der Waals surface area contributed by atoms with Crippen molar-refractivity contribution < 1.29 is 4.79 Å². The van der Waals surface area contributed by atoms with Crippen LogP contribution in [-0.4, -0.2) is 11.9 Å². The molecule has 0 spiro atoms. The summed E-state index contributed by atoms with van der Waals surface area (Å²) in [5.41, 5.74) is 9.54. The smallest absolute Gasteiger partial charge is 0.223 e. The van der Waals surface area contributed by atoms with Gasteiger partial charge in [0.1, 0.15) is 0 Å². The Kier molecular flexibility index (Phi) is 6.03. The average Bonchev–Trinajstić information content (AvgIpc) is 2.75. The molecule has 1 aliphatic carbocycles. The van der Waals surface area contributed by atoms with Crippen molar-refractivity contribution in [2.45, 2.75) is 52.1 Å². The van der Waals surface area contributed by atoms with Crippen LogP contribution in [-0.2, 0) is 4.79 Å². The molecule has 0 radical (unpaired) electrons. The largest absolute Gasteiger partial charge is 0.349 e. The molecule has 1 aromatic rings. The highest BCUT2D eigenvalue weighted by atomic mass is 35.5. The number of amides is 1. The van der Waals surface area contributed by atoms with E-state index >= 15 is 0 Å². The van der Waals surface area contributed by atoms with Crippen molar-refractivity contribution in [2.75, 3.05) is 0 Å². The minimum atomic E-state index is 0. The van der Waals surface area contributed by atoms with Crippen LogP contribution in [0, 0.1) is 19.8 Å². The van der Waals surface area contributed by atoms with Crippen LogP contribution in [0.15, 0.2) is 18.2 Å². The van der Waals surface area contributed by atoms with Crippen molar-refractivity contribution in [1.29, 1.82) is 0 Å². The molecular formula is C16H25ClN2O. The van der Waals surface area contributed by atoms with E-state index in [0.717, 1.165) is 19.3 Å². The van der Waals surface area contributed by atoms with Crippen molar-refractivity contribution >= 4 is 18.3 Å². The highest BCUT2D eigenvalue weighted by Gasteiger charge is 2.28. The number of hydrogen-bond donors (Lipinski definition) is 2. The van der Waals surface area contributed by atoms with Gasteiger partial charge >= 0.3 is 0 Å². The fourth-order valence-electron chi connectivity index (χ4n) is 2.98. The predicted octanol–water partition coefficient (Wildman–Crippen LogP) is 3.03. The van der Waals surface area contributed by atoms with Gasteiger partial charge in [0, 0.05) is 12.0 Å². The Hall–Kier alpha value is -1.06. The molecule has 112 valence electrons. The van der Waals surface area contributed by atoms with Crippen LogP contribution in [0.4, 0.5) is 0 Å². The Balaban J connectivity index is 0.00000200. The van der Waals surface area contributed by atoms with Crippen LogP contribution in [0.5, 0.6) is 0 Å². The van der Waals surface area contributed by atoms with Crippen LogP contribution in [0.2, 0.25) is 0 Å². The summed E-state index contributed by atoms with van der Waals surface area (Å²) in [7, 11) is 0. The highest BCUT2D eigenvalue weighted by Crippen LogP contribution is 2.26. The number of carbonyl (C=O) groups is 1. The minimum Gasteiger partial charge on any atom is -0.349 e. The van der Waals surface area contributed by atoms with Crippen LogP contribution < -0.4 is 11.1 Å². The number of benzene rings is 1. The number of nitrogens with one attached hydrogen (secondary N) is 1. The maximum absolute atomic E-state index is 12.2. The Bertz CT molecular complexity index is 476. The van der Waals surface area contributed by atoms with Crippen molar-refractivity contribution in [3.8, 4) is 0 Å². The SMILES string of the molecule is Cc1ccc(C(C)NC(=O)C2CCC(N)C2)c(C)c1.Cl. The van der Waals surface area contributed by atoms with Crippen LogP contribution in [0.25, 0.3) is 0 Å². The fraction of sp³-hybridized carbons (Fsp3) is 0.562. The lowest BCUT2D eigenvalue weighted by atomic mass is 9.99. The topological polar surface area (TPSA) is 55.1 Å². The summed E-state index contributed by atoms with van der Waals surface area (Å²) in [6.45, 7) is 6.22. The number of halogens is 1. The normalized spacial score (nSPS) is 23.0. The second-order valence-electron chi connectivity index (χ2n) is 5.86. The van der Waals surface area contributed by atoms with Gasteiger partial charge in [-0.15, -0.1) is 12.4 Å². The molecular weight excluding hydrogens is 272 g/mol. The van der Waals surface area contributed by atoms with Crippen molar-refractivity contribution in [3.05, 3.63) is 34.9 Å². The molecule has 3 atom stereocenters. The molecule has 4 heteroatoms. The molecule has 3 N–H and O–H groups in total. The van der Waals surface area contributed by atoms with Gasteiger partial charge in [-0.1, -0.05) is 23.8 Å². The lowest BCUT2D eigenvalue weighted by molar-refractivity contribution is -0.125. The van der Waals surface area contributed by atoms with E-state index in [1.54, 1.807) is 0 Å². The molecule has 0 aliphatic heterocycles. The summed E-state index contributed by atoms with van der Waals surface area (Å²) in [6.07, 6.45) is 2.72. The third-order valence-electron chi connectivity index (χ3n) is 4.09. The van der Waals surface area contributed by atoms with E-state index in [-0.39, 0.29) is 36.3 Å². The second-order valence-corrected chi connectivity index (χ2v) is 5.86. The molecule has 1 amide bonds. The molecule has 3 unspecified atom stereocenters. The molecule has 0 saturated heterocycles. The van der Waals surface area contributed by atoms with Gasteiger partial charge in [-0.3, -0.25) is 4.79 Å². The molecule has 1 saturated carbocycles. The summed E-state index contributed by atoms with van der Waals surface area (Å²) in [6, 6.07) is 6.62. The summed E-state index contributed by atoms with van der Waals surface area (Å²) >= 11 is 0. The van der Waals surface area contributed by atoms with Gasteiger partial charge < -0.3 is 11.1 Å². The minimum absolute atomic E-state index is 0. The number of carbonyl (C=O) groups excluding carboxylic acids is 1. The first-order valence-corrected chi connectivity index (χ1v) is 7.10. The van der Waals surface area contributed by atoms with Crippen molar-refractivity contribution in [2.24, 2.45) is 11.7 Å². The molecule has 1 aliphatic rings. The van der Waals surface area contributed by atoms with E-state index in [1.165, 1.54) is 16.7 Å². The van der Waals surface area contributed by atoms with Crippen LogP contribution in [0.1, 0.15) is 48.9 Å². The third kappa shape index (κ3) is 3.97. The van der Waals surface area contributed by atoms with E-state index in [4.69, 9.17) is 5.73 Å². The van der Waals surface area contributed by atoms with Gasteiger partial charge in [0.15, 0.2) is 0 Å². The van der Waals surface area contributed by atoms with Gasteiger partial charge in [-0.25, -0.2) is 0 Å². The molecule has 1 fully saturated rings. The fourth-order valence-corrected chi connectivity index (χ4v) is 2.98. The van der Waals surface area contributed by atoms with Crippen molar-refractivity contribution in [3.63, 3.8) is 0 Å². The lowest BCUT2D eigenvalue weighted by Gasteiger charge is -2.19. The van der Waals surface area contributed by atoms with E-state index in [0.29, 0.717) is 0 Å². The molecule has 0 bridgehead atoms. The number of nitrogens with two attached hydrogens (primary N) is 1. The maximum Gasteiger partial charge on any atom is 0.223 e. The van der Waals surface area contributed by atoms with Gasteiger partial charge in [0.25, 0.3) is 0 Å². The first kappa shape index (κ1) is 17.0. The van der Waals surface area contributed by atoms with E-state index < -0.39 is 0 Å². The highest BCUT2D eigenvalue weighted by molar-refractivity contribution is 5.85. The van der Waals surface area contributed by atoms with Gasteiger partial charge in [-0.2, -0.15) is 0 Å². The van der Waals surface area contributed by atoms with Crippen LogP contribution >= 0.6 is 12.4 Å². The quantitative estimate of drug-likeness (QED) is 0.901. The summed E-state index contributed by atoms with van der Waals surface area (Å²) in [5.74, 6) is 0.253. The monoisotopic (exact) mass is 296 g/mol. The standard InChI is InChI=1S/C16H24N2O.ClH/c1-10-4-7-15(11(2)8-10)12(3)18-16(19)13-5-6-14(17)9-13;/h4,7-8,12-14H,5-6,9,17H2,1-3H3,(H,18,19);1H. The third-order valence-corrected chi connectivity index (χ3v) is 4.09. The number of rotatable bonds is 3. The summed E-state index contributed by atoms with van der Waals surface area (Å²) in [5, 5.41) is 3.12. The zero-order chi connectivity index (χ0) is 14.0. The Morgan fingerprint density at radius 1 is 1.35 bits per heavy atom. The van der Waals surface area contributed by atoms with E-state index in [9.17, 15) is 4.79 Å².